The van der Waals surface area contributed by atoms with Crippen molar-refractivity contribution in [2.24, 2.45) is 5.41 Å². The molecule has 0 radical (unpaired) electrons. The van der Waals surface area contributed by atoms with Crippen molar-refractivity contribution in [1.29, 1.82) is 0 Å². The van der Waals surface area contributed by atoms with Gasteiger partial charge in [-0.1, -0.05) is 26.7 Å². The Morgan fingerprint density at radius 1 is 1.39 bits per heavy atom. The first-order chi connectivity index (χ1) is 8.80. The van der Waals surface area contributed by atoms with Crippen LogP contribution in [0, 0.1) is 5.41 Å². The molecule has 2 rings (SSSR count). The van der Waals surface area contributed by atoms with E-state index in [2.05, 4.69) is 29.1 Å². The van der Waals surface area contributed by atoms with Crippen molar-refractivity contribution < 1.29 is 0 Å². The molecule has 0 aliphatic heterocycles. The lowest BCUT2D eigenvalue weighted by Gasteiger charge is -2.37. The maximum absolute atomic E-state index is 4.41. The second kappa shape index (κ2) is 6.37. The average Bonchev–Trinajstić information content (AvgIpc) is 3.05. The minimum Gasteiger partial charge on any atom is -0.349 e. The van der Waals surface area contributed by atoms with E-state index in [1.807, 2.05) is 12.4 Å². The number of nitrogens with one attached hydrogen (secondary N) is 2. The van der Waals surface area contributed by atoms with Crippen LogP contribution in [0.25, 0.3) is 0 Å². The lowest BCUT2D eigenvalue weighted by molar-refractivity contribution is 0.183. The Kier molecular flexibility index (Phi) is 4.81. The van der Waals surface area contributed by atoms with Crippen LogP contribution in [-0.2, 0) is 6.42 Å². The average molecular weight is 249 g/mol. The summed E-state index contributed by atoms with van der Waals surface area (Å²) in [7, 11) is 0. The summed E-state index contributed by atoms with van der Waals surface area (Å²) >= 11 is 0. The molecule has 0 bridgehead atoms. The van der Waals surface area contributed by atoms with Gasteiger partial charge in [-0.3, -0.25) is 0 Å². The van der Waals surface area contributed by atoms with E-state index in [1.165, 1.54) is 38.5 Å². The van der Waals surface area contributed by atoms with Crippen LogP contribution in [-0.4, -0.2) is 22.6 Å². The molecule has 1 atom stereocenters. The minimum atomic E-state index is 0.502. The molecule has 3 heteroatoms. The summed E-state index contributed by atoms with van der Waals surface area (Å²) in [6, 6.07) is 0.580. The largest absolute Gasteiger partial charge is 0.349 e. The van der Waals surface area contributed by atoms with Gasteiger partial charge in [0.15, 0.2) is 0 Å². The molecule has 3 nitrogen and oxygen atoms in total. The van der Waals surface area contributed by atoms with Gasteiger partial charge in [0.05, 0.1) is 0 Å². The molecular weight excluding hydrogens is 222 g/mol. The zero-order chi connectivity index (χ0) is 12.8. The van der Waals surface area contributed by atoms with Crippen molar-refractivity contribution in [3.8, 4) is 0 Å². The molecule has 102 valence electrons. The van der Waals surface area contributed by atoms with Gasteiger partial charge in [0.2, 0.25) is 0 Å². The standard InChI is InChI=1S/C15H27N3/c1-3-9-16-13(12-14-17-10-11-18-14)15(4-2)7-5-6-8-15/h10-11,13,16H,3-9,12H2,1-2H3,(H,17,18). The summed E-state index contributed by atoms with van der Waals surface area (Å²) in [5, 5.41) is 3.78. The Morgan fingerprint density at radius 2 is 2.17 bits per heavy atom. The Balaban J connectivity index is 2.07. The SMILES string of the molecule is CCCNC(Cc1ncc[nH]1)C1(CC)CCCC1. The molecule has 0 aromatic carbocycles. The van der Waals surface area contributed by atoms with Gasteiger partial charge in [-0.2, -0.15) is 0 Å². The van der Waals surface area contributed by atoms with Crippen LogP contribution >= 0.6 is 0 Å². The number of hydrogen-bond acceptors (Lipinski definition) is 2. The lowest BCUT2D eigenvalue weighted by atomic mass is 9.74. The van der Waals surface area contributed by atoms with Gasteiger partial charge in [0.25, 0.3) is 0 Å². The smallest absolute Gasteiger partial charge is 0.107 e. The fourth-order valence-electron chi connectivity index (χ4n) is 3.45. The molecule has 18 heavy (non-hydrogen) atoms. The number of rotatable bonds is 7. The molecule has 1 aromatic heterocycles. The first kappa shape index (κ1) is 13.6. The fraction of sp³-hybridized carbons (Fsp3) is 0.800. The number of aromatic amines is 1. The Morgan fingerprint density at radius 3 is 2.72 bits per heavy atom. The van der Waals surface area contributed by atoms with Crippen molar-refractivity contribution in [3.63, 3.8) is 0 Å². The Labute approximate surface area is 111 Å². The van der Waals surface area contributed by atoms with Crippen LogP contribution in [0.1, 0.15) is 58.2 Å². The first-order valence-corrected chi connectivity index (χ1v) is 7.52. The van der Waals surface area contributed by atoms with Crippen molar-refractivity contribution in [1.82, 2.24) is 15.3 Å². The molecular formula is C15H27N3. The number of hydrogen-bond donors (Lipinski definition) is 2. The van der Waals surface area contributed by atoms with Crippen molar-refractivity contribution in [3.05, 3.63) is 18.2 Å². The molecule has 0 spiro atoms. The number of imidazole rings is 1. The molecule has 1 heterocycles. The molecule has 1 saturated carbocycles. The van der Waals surface area contributed by atoms with E-state index in [9.17, 15) is 0 Å². The van der Waals surface area contributed by atoms with E-state index in [4.69, 9.17) is 0 Å². The second-order valence-corrected chi connectivity index (χ2v) is 5.67. The van der Waals surface area contributed by atoms with Gasteiger partial charge in [-0.05, 0) is 37.6 Å². The molecule has 1 aromatic rings. The summed E-state index contributed by atoms with van der Waals surface area (Å²) < 4.78 is 0. The van der Waals surface area contributed by atoms with E-state index >= 15 is 0 Å². The van der Waals surface area contributed by atoms with Crippen LogP contribution in [0.4, 0.5) is 0 Å². The monoisotopic (exact) mass is 249 g/mol. The van der Waals surface area contributed by atoms with E-state index in [0.717, 1.165) is 18.8 Å². The zero-order valence-electron chi connectivity index (χ0n) is 11.8. The molecule has 0 saturated heterocycles. The highest BCUT2D eigenvalue weighted by Gasteiger charge is 2.39. The molecule has 2 N–H and O–H groups in total. The van der Waals surface area contributed by atoms with Crippen LogP contribution in [0.5, 0.6) is 0 Å². The second-order valence-electron chi connectivity index (χ2n) is 5.67. The quantitative estimate of drug-likeness (QED) is 0.778. The molecule has 1 aliphatic rings. The lowest BCUT2D eigenvalue weighted by Crippen LogP contribution is -2.45. The van der Waals surface area contributed by atoms with Crippen LogP contribution < -0.4 is 5.32 Å². The van der Waals surface area contributed by atoms with Gasteiger partial charge in [-0.25, -0.2) is 4.98 Å². The summed E-state index contributed by atoms with van der Waals surface area (Å²) in [4.78, 5) is 7.66. The van der Waals surface area contributed by atoms with Crippen molar-refractivity contribution >= 4 is 0 Å². The topological polar surface area (TPSA) is 40.7 Å². The predicted octanol–water partition coefficient (Wildman–Crippen LogP) is 3.29. The fourth-order valence-corrected chi connectivity index (χ4v) is 3.45. The van der Waals surface area contributed by atoms with Crippen LogP contribution in [0.3, 0.4) is 0 Å². The minimum absolute atomic E-state index is 0.502. The molecule has 1 unspecified atom stereocenters. The van der Waals surface area contributed by atoms with Crippen LogP contribution in [0.2, 0.25) is 0 Å². The third kappa shape index (κ3) is 2.94. The van der Waals surface area contributed by atoms with Gasteiger partial charge in [0.1, 0.15) is 5.82 Å². The molecule has 1 aliphatic carbocycles. The van der Waals surface area contributed by atoms with Gasteiger partial charge < -0.3 is 10.3 Å². The van der Waals surface area contributed by atoms with Gasteiger partial charge in [-0.15, -0.1) is 0 Å². The highest BCUT2D eigenvalue weighted by molar-refractivity contribution is 5.00. The van der Waals surface area contributed by atoms with Gasteiger partial charge in [0, 0.05) is 24.9 Å². The highest BCUT2D eigenvalue weighted by atomic mass is 15.0. The predicted molar refractivity (Wildman–Crippen MR) is 75.6 cm³/mol. The van der Waals surface area contributed by atoms with Gasteiger partial charge >= 0.3 is 0 Å². The van der Waals surface area contributed by atoms with Crippen molar-refractivity contribution in [2.75, 3.05) is 6.54 Å². The van der Waals surface area contributed by atoms with Crippen LogP contribution in [0.15, 0.2) is 12.4 Å². The normalized spacial score (nSPS) is 20.1. The van der Waals surface area contributed by atoms with E-state index in [0.29, 0.717) is 11.5 Å². The van der Waals surface area contributed by atoms with E-state index < -0.39 is 0 Å². The Bertz CT molecular complexity index is 326. The maximum Gasteiger partial charge on any atom is 0.107 e. The summed E-state index contributed by atoms with van der Waals surface area (Å²) in [5.41, 5.74) is 0.502. The molecule has 1 fully saturated rings. The third-order valence-electron chi connectivity index (χ3n) is 4.64. The van der Waals surface area contributed by atoms with E-state index in [-0.39, 0.29) is 0 Å². The third-order valence-corrected chi connectivity index (χ3v) is 4.64. The highest BCUT2D eigenvalue weighted by Crippen LogP contribution is 2.44. The summed E-state index contributed by atoms with van der Waals surface area (Å²) in [6.07, 6.45) is 12.9. The number of nitrogens with zero attached hydrogens (tertiary/aromatic N) is 1. The number of aromatic nitrogens is 2. The zero-order valence-corrected chi connectivity index (χ0v) is 11.8. The summed E-state index contributed by atoms with van der Waals surface area (Å²) in [5.74, 6) is 1.13. The number of H-pyrrole nitrogens is 1. The Hall–Kier alpha value is -0.830. The summed E-state index contributed by atoms with van der Waals surface area (Å²) in [6.45, 7) is 5.71. The first-order valence-electron chi connectivity index (χ1n) is 7.52. The molecule has 0 amide bonds. The maximum atomic E-state index is 4.41. The van der Waals surface area contributed by atoms with Crippen molar-refractivity contribution in [2.45, 2.75) is 64.8 Å². The van der Waals surface area contributed by atoms with E-state index in [1.54, 1.807) is 0 Å².